The quantitative estimate of drug-likeness (QED) is 0.879. The molecule has 0 bridgehead atoms. The summed E-state index contributed by atoms with van der Waals surface area (Å²) in [5, 5.41) is 0. The van der Waals surface area contributed by atoms with Gasteiger partial charge in [0.05, 0.1) is 12.6 Å². The van der Waals surface area contributed by atoms with Crippen molar-refractivity contribution < 1.29 is 4.74 Å². The summed E-state index contributed by atoms with van der Waals surface area (Å²) in [5.74, 6) is 1.52. The van der Waals surface area contributed by atoms with E-state index in [0.717, 1.165) is 34.6 Å². The Balaban J connectivity index is 1.88. The SMILES string of the molecule is COc1cccc2c1[nH]c(=S)n2CC1CCN(C(C)C)C1. The topological polar surface area (TPSA) is 33.2 Å². The molecule has 0 amide bonds. The molecule has 21 heavy (non-hydrogen) atoms. The monoisotopic (exact) mass is 305 g/mol. The van der Waals surface area contributed by atoms with Crippen LogP contribution in [0.3, 0.4) is 0 Å². The lowest BCUT2D eigenvalue weighted by Crippen LogP contribution is -2.28. The van der Waals surface area contributed by atoms with Crippen molar-refractivity contribution in [1.29, 1.82) is 0 Å². The number of para-hydroxylation sites is 1. The number of likely N-dealkylation sites (tertiary alicyclic amines) is 1. The first-order chi connectivity index (χ1) is 10.1. The second kappa shape index (κ2) is 5.81. The van der Waals surface area contributed by atoms with Gasteiger partial charge < -0.3 is 19.2 Å². The molecule has 0 aliphatic carbocycles. The second-order valence-electron chi connectivity index (χ2n) is 6.14. The second-order valence-corrected chi connectivity index (χ2v) is 6.53. The molecule has 1 atom stereocenters. The Morgan fingerprint density at radius 2 is 2.24 bits per heavy atom. The Bertz CT molecular complexity index is 688. The van der Waals surface area contributed by atoms with E-state index < -0.39 is 0 Å². The smallest absolute Gasteiger partial charge is 0.178 e. The van der Waals surface area contributed by atoms with Gasteiger partial charge in [0.15, 0.2) is 4.77 Å². The summed E-state index contributed by atoms with van der Waals surface area (Å²) >= 11 is 5.51. The Morgan fingerprint density at radius 1 is 1.43 bits per heavy atom. The number of aromatic nitrogens is 2. The van der Waals surface area contributed by atoms with Gasteiger partial charge in [-0.2, -0.15) is 0 Å². The van der Waals surface area contributed by atoms with Crippen LogP contribution < -0.4 is 4.74 Å². The van der Waals surface area contributed by atoms with E-state index in [4.69, 9.17) is 17.0 Å². The van der Waals surface area contributed by atoms with E-state index in [0.29, 0.717) is 12.0 Å². The number of hydrogen-bond acceptors (Lipinski definition) is 3. The summed E-state index contributed by atoms with van der Waals surface area (Å²) in [4.78, 5) is 5.84. The number of aromatic amines is 1. The van der Waals surface area contributed by atoms with Crippen LogP contribution in [-0.4, -0.2) is 40.7 Å². The maximum absolute atomic E-state index is 5.51. The molecule has 1 N–H and O–H groups in total. The fraction of sp³-hybridized carbons (Fsp3) is 0.562. The Labute approximate surface area is 130 Å². The van der Waals surface area contributed by atoms with Gasteiger partial charge in [0.1, 0.15) is 11.3 Å². The van der Waals surface area contributed by atoms with Crippen LogP contribution in [0.5, 0.6) is 5.75 Å². The van der Waals surface area contributed by atoms with Crippen molar-refractivity contribution in [2.75, 3.05) is 20.2 Å². The summed E-state index contributed by atoms with van der Waals surface area (Å²) in [6.45, 7) is 7.88. The average molecular weight is 305 g/mol. The molecule has 1 fully saturated rings. The van der Waals surface area contributed by atoms with Gasteiger partial charge in [-0.3, -0.25) is 0 Å². The summed E-state index contributed by atoms with van der Waals surface area (Å²) in [7, 11) is 1.69. The molecular weight excluding hydrogens is 282 g/mol. The standard InChI is InChI=1S/C16H23N3OS/c1-11(2)18-8-7-12(9-18)10-19-13-5-4-6-14(20-3)15(13)17-16(19)21/h4-6,11-12H,7-10H2,1-3H3,(H,17,21). The maximum Gasteiger partial charge on any atom is 0.178 e. The van der Waals surface area contributed by atoms with Gasteiger partial charge in [-0.1, -0.05) is 6.07 Å². The number of nitrogens with zero attached hydrogens (tertiary/aromatic N) is 2. The summed E-state index contributed by atoms with van der Waals surface area (Å²) in [5.41, 5.74) is 2.14. The molecule has 1 aromatic carbocycles. The predicted molar refractivity (Wildman–Crippen MR) is 88.5 cm³/mol. The van der Waals surface area contributed by atoms with E-state index in [9.17, 15) is 0 Å². The van der Waals surface area contributed by atoms with E-state index >= 15 is 0 Å². The highest BCUT2D eigenvalue weighted by molar-refractivity contribution is 7.71. The van der Waals surface area contributed by atoms with Crippen LogP contribution >= 0.6 is 12.2 Å². The van der Waals surface area contributed by atoms with E-state index in [1.54, 1.807) is 7.11 Å². The first-order valence-electron chi connectivity index (χ1n) is 7.59. The molecule has 2 heterocycles. The van der Waals surface area contributed by atoms with Crippen molar-refractivity contribution in [1.82, 2.24) is 14.5 Å². The first kappa shape index (κ1) is 14.6. The van der Waals surface area contributed by atoms with Gasteiger partial charge in [-0.15, -0.1) is 0 Å². The molecule has 1 aliphatic heterocycles. The van der Waals surface area contributed by atoms with Gasteiger partial charge in [-0.05, 0) is 57.1 Å². The van der Waals surface area contributed by atoms with Crippen LogP contribution in [0.1, 0.15) is 20.3 Å². The van der Waals surface area contributed by atoms with Crippen molar-refractivity contribution in [3.05, 3.63) is 23.0 Å². The maximum atomic E-state index is 5.51. The lowest BCUT2D eigenvalue weighted by Gasteiger charge is -2.20. The lowest BCUT2D eigenvalue weighted by atomic mass is 10.1. The number of H-pyrrole nitrogens is 1. The van der Waals surface area contributed by atoms with E-state index in [1.807, 2.05) is 12.1 Å². The third-order valence-corrected chi connectivity index (χ3v) is 4.80. The van der Waals surface area contributed by atoms with Crippen molar-refractivity contribution in [3.63, 3.8) is 0 Å². The molecule has 2 aromatic rings. The Morgan fingerprint density at radius 3 is 2.90 bits per heavy atom. The number of benzene rings is 1. The number of hydrogen-bond donors (Lipinski definition) is 1. The third-order valence-electron chi connectivity index (χ3n) is 4.48. The molecule has 114 valence electrons. The van der Waals surface area contributed by atoms with Gasteiger partial charge in [0.2, 0.25) is 0 Å². The number of methoxy groups -OCH3 is 1. The highest BCUT2D eigenvalue weighted by Gasteiger charge is 2.25. The molecular formula is C16H23N3OS. The largest absolute Gasteiger partial charge is 0.494 e. The molecule has 4 nitrogen and oxygen atoms in total. The molecule has 1 unspecified atom stereocenters. The highest BCUT2D eigenvalue weighted by Crippen LogP contribution is 2.27. The highest BCUT2D eigenvalue weighted by atomic mass is 32.1. The van der Waals surface area contributed by atoms with Crippen molar-refractivity contribution in [3.8, 4) is 5.75 Å². The van der Waals surface area contributed by atoms with Crippen LogP contribution in [0.4, 0.5) is 0 Å². The van der Waals surface area contributed by atoms with Gasteiger partial charge in [0, 0.05) is 19.1 Å². The van der Waals surface area contributed by atoms with Gasteiger partial charge in [0.25, 0.3) is 0 Å². The number of fused-ring (bicyclic) bond motifs is 1. The fourth-order valence-corrected chi connectivity index (χ4v) is 3.52. The minimum absolute atomic E-state index is 0.631. The zero-order valence-electron chi connectivity index (χ0n) is 12.9. The third kappa shape index (κ3) is 2.72. The van der Waals surface area contributed by atoms with E-state index in [1.165, 1.54) is 13.0 Å². The van der Waals surface area contributed by atoms with Crippen LogP contribution in [0.2, 0.25) is 0 Å². The minimum Gasteiger partial charge on any atom is -0.494 e. The average Bonchev–Trinajstić information content (AvgIpc) is 3.05. The molecule has 0 radical (unpaired) electrons. The normalized spacial score (nSPS) is 19.7. The molecule has 1 aromatic heterocycles. The van der Waals surface area contributed by atoms with E-state index in [2.05, 4.69) is 34.4 Å². The molecule has 3 rings (SSSR count). The Hall–Kier alpha value is -1.33. The molecule has 1 aliphatic rings. The van der Waals surface area contributed by atoms with Crippen molar-refractivity contribution in [2.45, 2.75) is 32.9 Å². The summed E-state index contributed by atoms with van der Waals surface area (Å²) in [6, 6.07) is 6.73. The molecule has 0 spiro atoms. The zero-order chi connectivity index (χ0) is 15.0. The van der Waals surface area contributed by atoms with Crippen molar-refractivity contribution in [2.24, 2.45) is 5.92 Å². The van der Waals surface area contributed by atoms with Crippen LogP contribution in [0, 0.1) is 10.7 Å². The number of ether oxygens (including phenoxy) is 1. The van der Waals surface area contributed by atoms with Crippen molar-refractivity contribution >= 4 is 23.3 Å². The fourth-order valence-electron chi connectivity index (χ4n) is 3.24. The van der Waals surface area contributed by atoms with Crippen LogP contribution in [0.15, 0.2) is 18.2 Å². The predicted octanol–water partition coefficient (Wildman–Crippen LogP) is 3.44. The minimum atomic E-state index is 0.631. The van der Waals surface area contributed by atoms with E-state index in [-0.39, 0.29) is 0 Å². The zero-order valence-corrected chi connectivity index (χ0v) is 13.7. The molecule has 1 saturated heterocycles. The molecule has 0 saturated carbocycles. The number of rotatable bonds is 4. The van der Waals surface area contributed by atoms with Crippen LogP contribution in [-0.2, 0) is 6.54 Å². The van der Waals surface area contributed by atoms with Crippen LogP contribution in [0.25, 0.3) is 11.0 Å². The number of nitrogens with one attached hydrogen (secondary N) is 1. The summed E-state index contributed by atoms with van der Waals surface area (Å²) in [6.07, 6.45) is 1.25. The lowest BCUT2D eigenvalue weighted by molar-refractivity contribution is 0.261. The molecule has 5 heteroatoms. The van der Waals surface area contributed by atoms with Gasteiger partial charge in [-0.25, -0.2) is 0 Å². The summed E-state index contributed by atoms with van der Waals surface area (Å²) < 4.78 is 8.43. The Kier molecular flexibility index (Phi) is 4.04. The van der Waals surface area contributed by atoms with Gasteiger partial charge >= 0.3 is 0 Å². The first-order valence-corrected chi connectivity index (χ1v) is 8.00. The number of imidazole rings is 1.